The molecule has 0 bridgehead atoms. The first-order chi connectivity index (χ1) is 11.5. The average Bonchev–Trinajstić information content (AvgIpc) is 2.77. The van der Waals surface area contributed by atoms with Crippen LogP contribution in [0, 0.1) is 0 Å². The molecule has 0 radical (unpaired) electrons. The minimum Gasteiger partial charge on any atom is -0.444 e. The number of rotatable bonds is 4. The lowest BCUT2D eigenvalue weighted by molar-refractivity contribution is -0.121. The van der Waals surface area contributed by atoms with Gasteiger partial charge in [0.2, 0.25) is 5.91 Å². The Morgan fingerprint density at radius 3 is 2.36 bits per heavy atom. The van der Waals surface area contributed by atoms with Crippen LogP contribution in [-0.2, 0) is 25.8 Å². The summed E-state index contributed by atoms with van der Waals surface area (Å²) in [5.41, 5.74) is 0.768. The summed E-state index contributed by atoms with van der Waals surface area (Å²) in [6, 6.07) is 6.54. The summed E-state index contributed by atoms with van der Waals surface area (Å²) in [7, 11) is -3.01. The van der Waals surface area contributed by atoms with Crippen molar-refractivity contribution >= 4 is 27.5 Å². The first-order valence-corrected chi connectivity index (χ1v) is 9.93. The van der Waals surface area contributed by atoms with Crippen LogP contribution in [0.2, 0.25) is 0 Å². The predicted octanol–water partition coefficient (Wildman–Crippen LogP) is 1.88. The van der Waals surface area contributed by atoms with E-state index in [1.807, 2.05) is 0 Å². The van der Waals surface area contributed by atoms with Crippen molar-refractivity contribution in [3.63, 3.8) is 0 Å². The summed E-state index contributed by atoms with van der Waals surface area (Å²) in [5, 5.41) is 5.37. The molecule has 2 amide bonds. The third kappa shape index (κ3) is 6.74. The van der Waals surface area contributed by atoms with E-state index >= 15 is 0 Å². The molecule has 25 heavy (non-hydrogen) atoms. The number of hydrogen-bond acceptors (Lipinski definition) is 5. The predicted molar refractivity (Wildman–Crippen MR) is 95.2 cm³/mol. The molecule has 1 aromatic carbocycles. The molecule has 0 spiro atoms. The van der Waals surface area contributed by atoms with Crippen molar-refractivity contribution in [1.82, 2.24) is 5.32 Å². The van der Waals surface area contributed by atoms with E-state index in [1.165, 1.54) is 0 Å². The van der Waals surface area contributed by atoms with Gasteiger partial charge in [0.1, 0.15) is 5.60 Å². The topological polar surface area (TPSA) is 102 Å². The Morgan fingerprint density at radius 2 is 1.84 bits per heavy atom. The number of anilines is 1. The number of hydrogen-bond donors (Lipinski definition) is 2. The number of amides is 2. The van der Waals surface area contributed by atoms with Crippen molar-refractivity contribution in [1.29, 1.82) is 0 Å². The molecular formula is C17H24N2O5S. The molecule has 1 aliphatic rings. The molecule has 138 valence electrons. The van der Waals surface area contributed by atoms with Gasteiger partial charge in [-0.1, -0.05) is 12.1 Å². The van der Waals surface area contributed by atoms with Gasteiger partial charge in [0.15, 0.2) is 9.84 Å². The van der Waals surface area contributed by atoms with Gasteiger partial charge >= 0.3 is 6.09 Å². The van der Waals surface area contributed by atoms with Crippen molar-refractivity contribution in [2.24, 2.45) is 0 Å². The minimum absolute atomic E-state index is 0.0114. The third-order valence-electron chi connectivity index (χ3n) is 3.56. The van der Waals surface area contributed by atoms with E-state index in [4.69, 9.17) is 4.74 Å². The zero-order valence-electron chi connectivity index (χ0n) is 14.7. The second kappa shape index (κ2) is 7.43. The maximum Gasteiger partial charge on any atom is 0.412 e. The zero-order valence-corrected chi connectivity index (χ0v) is 15.5. The molecule has 1 atom stereocenters. The first kappa shape index (κ1) is 19.2. The second-order valence-corrected chi connectivity index (χ2v) is 9.40. The van der Waals surface area contributed by atoms with Crippen LogP contribution in [0.25, 0.3) is 0 Å². The van der Waals surface area contributed by atoms with Gasteiger partial charge in [-0.15, -0.1) is 0 Å². The Kier molecular flexibility index (Phi) is 5.72. The highest BCUT2D eigenvalue weighted by atomic mass is 32.2. The Balaban J connectivity index is 1.83. The molecule has 0 aliphatic carbocycles. The number of ether oxygens (including phenoxy) is 1. The van der Waals surface area contributed by atoms with Gasteiger partial charge in [-0.3, -0.25) is 10.1 Å². The molecule has 8 heteroatoms. The lowest BCUT2D eigenvalue weighted by atomic mass is 10.1. The van der Waals surface area contributed by atoms with Crippen LogP contribution >= 0.6 is 0 Å². The third-order valence-corrected chi connectivity index (χ3v) is 5.33. The van der Waals surface area contributed by atoms with Gasteiger partial charge in [0, 0.05) is 11.7 Å². The maximum atomic E-state index is 12.0. The van der Waals surface area contributed by atoms with Crippen LogP contribution in [-0.4, -0.2) is 43.6 Å². The molecule has 0 aromatic heterocycles. The summed E-state index contributed by atoms with van der Waals surface area (Å²) in [6.07, 6.45) is 0.0799. The summed E-state index contributed by atoms with van der Waals surface area (Å²) in [6.45, 7) is 5.34. The monoisotopic (exact) mass is 368 g/mol. The van der Waals surface area contributed by atoms with Crippen LogP contribution in [0.15, 0.2) is 24.3 Å². The Morgan fingerprint density at radius 1 is 1.20 bits per heavy atom. The van der Waals surface area contributed by atoms with Crippen molar-refractivity contribution in [3.8, 4) is 0 Å². The highest BCUT2D eigenvalue weighted by Crippen LogP contribution is 2.14. The van der Waals surface area contributed by atoms with Gasteiger partial charge < -0.3 is 10.1 Å². The van der Waals surface area contributed by atoms with Crippen LogP contribution < -0.4 is 10.6 Å². The number of carbonyl (C=O) groups excluding carboxylic acids is 2. The van der Waals surface area contributed by atoms with Crippen molar-refractivity contribution in [2.45, 2.75) is 45.3 Å². The zero-order chi connectivity index (χ0) is 18.7. The molecule has 1 saturated heterocycles. The summed E-state index contributed by atoms with van der Waals surface area (Å²) >= 11 is 0. The molecular weight excluding hydrogens is 344 g/mol. The van der Waals surface area contributed by atoms with E-state index in [2.05, 4.69) is 10.6 Å². The molecule has 2 rings (SSSR count). The van der Waals surface area contributed by atoms with Gasteiger partial charge in [0.25, 0.3) is 0 Å². The van der Waals surface area contributed by atoms with Crippen LogP contribution in [0.4, 0.5) is 10.5 Å². The normalized spacial score (nSPS) is 19.2. The SMILES string of the molecule is CC(C)(C)OC(=O)Nc1ccc(CC(=O)N[C@H]2CCS(=O)(=O)C2)cc1. The lowest BCUT2D eigenvalue weighted by Gasteiger charge is -2.19. The Labute approximate surface area is 148 Å². The minimum atomic E-state index is -3.01. The lowest BCUT2D eigenvalue weighted by Crippen LogP contribution is -2.36. The van der Waals surface area contributed by atoms with E-state index in [9.17, 15) is 18.0 Å². The van der Waals surface area contributed by atoms with Crippen molar-refractivity contribution in [2.75, 3.05) is 16.8 Å². The van der Waals surface area contributed by atoms with E-state index in [-0.39, 0.29) is 29.9 Å². The summed E-state index contributed by atoms with van der Waals surface area (Å²) in [4.78, 5) is 23.7. The van der Waals surface area contributed by atoms with Gasteiger partial charge in [-0.25, -0.2) is 13.2 Å². The summed E-state index contributed by atoms with van der Waals surface area (Å²) in [5.74, 6) is -0.0737. The van der Waals surface area contributed by atoms with Crippen molar-refractivity contribution < 1.29 is 22.7 Å². The first-order valence-electron chi connectivity index (χ1n) is 8.11. The Hall–Kier alpha value is -2.09. The van der Waals surface area contributed by atoms with Crippen LogP contribution in [0.1, 0.15) is 32.8 Å². The molecule has 0 unspecified atom stereocenters. The van der Waals surface area contributed by atoms with Crippen molar-refractivity contribution in [3.05, 3.63) is 29.8 Å². The fourth-order valence-corrected chi connectivity index (χ4v) is 4.17. The molecule has 0 saturated carbocycles. The smallest absolute Gasteiger partial charge is 0.412 e. The molecule has 1 fully saturated rings. The standard InChI is InChI=1S/C17H24N2O5S/c1-17(2,3)24-16(21)19-13-6-4-12(5-7-13)10-15(20)18-14-8-9-25(22,23)11-14/h4-7,14H,8-11H2,1-3H3,(H,18,20)(H,19,21)/t14-/m0/s1. The maximum absolute atomic E-state index is 12.0. The fourth-order valence-electron chi connectivity index (χ4n) is 2.50. The van der Waals surface area contributed by atoms with E-state index in [1.54, 1.807) is 45.0 Å². The van der Waals surface area contributed by atoms with E-state index in [0.29, 0.717) is 12.1 Å². The molecule has 1 aliphatic heterocycles. The van der Waals surface area contributed by atoms with Gasteiger partial charge in [0.05, 0.1) is 17.9 Å². The van der Waals surface area contributed by atoms with Gasteiger partial charge in [-0.2, -0.15) is 0 Å². The van der Waals surface area contributed by atoms with E-state index in [0.717, 1.165) is 5.56 Å². The largest absolute Gasteiger partial charge is 0.444 e. The molecule has 1 aromatic rings. The van der Waals surface area contributed by atoms with Crippen LogP contribution in [0.3, 0.4) is 0 Å². The summed E-state index contributed by atoms with van der Waals surface area (Å²) < 4.78 is 28.0. The van der Waals surface area contributed by atoms with Crippen LogP contribution in [0.5, 0.6) is 0 Å². The number of nitrogens with one attached hydrogen (secondary N) is 2. The van der Waals surface area contributed by atoms with Gasteiger partial charge in [-0.05, 0) is 44.9 Å². The number of carbonyl (C=O) groups is 2. The highest BCUT2D eigenvalue weighted by Gasteiger charge is 2.28. The fraction of sp³-hybridized carbons (Fsp3) is 0.529. The second-order valence-electron chi connectivity index (χ2n) is 7.17. The average molecular weight is 368 g/mol. The molecule has 7 nitrogen and oxygen atoms in total. The van der Waals surface area contributed by atoms with E-state index < -0.39 is 21.5 Å². The molecule has 1 heterocycles. The Bertz CT molecular complexity index is 735. The quantitative estimate of drug-likeness (QED) is 0.845. The number of benzene rings is 1. The highest BCUT2D eigenvalue weighted by molar-refractivity contribution is 7.91. The molecule has 2 N–H and O–H groups in total. The number of sulfone groups is 1.